The number of H-pyrrole nitrogens is 1. The summed E-state index contributed by atoms with van der Waals surface area (Å²) in [4.78, 5) is 11.9. The zero-order chi connectivity index (χ0) is 14.3. The third kappa shape index (κ3) is 2.55. The van der Waals surface area contributed by atoms with Crippen LogP contribution < -0.4 is 11.0 Å². The number of nitrogens with zero attached hydrogens (tertiary/aromatic N) is 2. The van der Waals surface area contributed by atoms with Gasteiger partial charge >= 0.3 is 5.69 Å². The van der Waals surface area contributed by atoms with Gasteiger partial charge in [0, 0.05) is 17.3 Å². The largest absolute Gasteiger partial charge is 0.344 e. The van der Waals surface area contributed by atoms with Crippen LogP contribution in [-0.4, -0.2) is 33.1 Å². The predicted molar refractivity (Wildman–Crippen MR) is 81.2 cm³/mol. The highest BCUT2D eigenvalue weighted by Crippen LogP contribution is 2.43. The van der Waals surface area contributed by atoms with E-state index < -0.39 is 0 Å². The van der Waals surface area contributed by atoms with Crippen molar-refractivity contribution >= 4 is 11.8 Å². The number of aromatic amines is 1. The molecule has 5 nitrogen and oxygen atoms in total. The van der Waals surface area contributed by atoms with Crippen LogP contribution in [0.1, 0.15) is 52.0 Å². The number of rotatable bonds is 4. The average molecular weight is 296 g/mol. The van der Waals surface area contributed by atoms with Gasteiger partial charge in [-0.3, -0.25) is 4.57 Å². The second kappa shape index (κ2) is 5.22. The van der Waals surface area contributed by atoms with E-state index in [4.69, 9.17) is 0 Å². The van der Waals surface area contributed by atoms with Crippen LogP contribution in [0.2, 0.25) is 0 Å². The fourth-order valence-corrected chi connectivity index (χ4v) is 5.09. The van der Waals surface area contributed by atoms with E-state index in [-0.39, 0.29) is 5.69 Å². The third-order valence-electron chi connectivity index (χ3n) is 4.68. The van der Waals surface area contributed by atoms with Crippen molar-refractivity contribution in [2.24, 2.45) is 5.41 Å². The molecule has 1 aromatic rings. The van der Waals surface area contributed by atoms with E-state index in [2.05, 4.69) is 29.4 Å². The average Bonchev–Trinajstić information content (AvgIpc) is 3.14. The molecule has 1 aromatic heterocycles. The molecule has 0 radical (unpaired) electrons. The predicted octanol–water partition coefficient (Wildman–Crippen LogP) is 2.17. The molecule has 0 saturated heterocycles. The van der Waals surface area contributed by atoms with Crippen molar-refractivity contribution < 1.29 is 0 Å². The minimum absolute atomic E-state index is 0.0499. The molecule has 2 aliphatic rings. The lowest BCUT2D eigenvalue weighted by atomic mass is 9.73. The van der Waals surface area contributed by atoms with Gasteiger partial charge in [-0.05, 0) is 38.1 Å². The number of nitrogens with one attached hydrogen (secondary N) is 2. The molecule has 2 atom stereocenters. The lowest BCUT2D eigenvalue weighted by Gasteiger charge is -2.43. The highest BCUT2D eigenvalue weighted by Gasteiger charge is 2.40. The number of aromatic nitrogens is 3. The molecule has 0 aliphatic heterocycles. The molecule has 0 aromatic carbocycles. The summed E-state index contributed by atoms with van der Waals surface area (Å²) in [6, 6.07) is 0.842. The topological polar surface area (TPSA) is 62.7 Å². The summed E-state index contributed by atoms with van der Waals surface area (Å²) < 4.78 is 1.86. The summed E-state index contributed by atoms with van der Waals surface area (Å²) in [5.74, 6) is 0. The molecule has 6 heteroatoms. The summed E-state index contributed by atoms with van der Waals surface area (Å²) in [6.45, 7) is 4.67. The maximum Gasteiger partial charge on any atom is 0.344 e. The SMILES string of the molecule is CNC1C(Sc2n[nH]c(=O)n2C2CC2)CCCC1(C)C. The third-order valence-corrected chi connectivity index (χ3v) is 5.98. The van der Waals surface area contributed by atoms with Gasteiger partial charge in [-0.1, -0.05) is 32.0 Å². The van der Waals surface area contributed by atoms with Crippen LogP contribution >= 0.6 is 11.8 Å². The van der Waals surface area contributed by atoms with Crippen LogP contribution in [0.3, 0.4) is 0 Å². The summed E-state index contributed by atoms with van der Waals surface area (Å²) in [5, 5.41) is 11.7. The van der Waals surface area contributed by atoms with Crippen LogP contribution in [0, 0.1) is 5.41 Å². The fourth-order valence-electron chi connectivity index (χ4n) is 3.45. The smallest absolute Gasteiger partial charge is 0.315 e. The van der Waals surface area contributed by atoms with Crippen LogP contribution in [0.4, 0.5) is 0 Å². The Morgan fingerprint density at radius 3 is 2.80 bits per heavy atom. The number of hydrogen-bond donors (Lipinski definition) is 2. The zero-order valence-electron chi connectivity index (χ0n) is 12.5. The Labute approximate surface area is 123 Å². The quantitative estimate of drug-likeness (QED) is 0.894. The van der Waals surface area contributed by atoms with E-state index >= 15 is 0 Å². The molecule has 1 heterocycles. The molecule has 0 amide bonds. The summed E-state index contributed by atoms with van der Waals surface area (Å²) in [6.07, 6.45) is 5.91. The summed E-state index contributed by atoms with van der Waals surface area (Å²) in [5.41, 5.74) is 0.247. The van der Waals surface area contributed by atoms with Crippen LogP contribution in [0.15, 0.2) is 9.95 Å². The van der Waals surface area contributed by atoms with Crippen molar-refractivity contribution in [1.29, 1.82) is 0 Å². The first-order valence-electron chi connectivity index (χ1n) is 7.54. The second-order valence-electron chi connectivity index (χ2n) is 6.72. The van der Waals surface area contributed by atoms with E-state index in [9.17, 15) is 4.79 Å². The number of hydrogen-bond acceptors (Lipinski definition) is 4. The molecule has 0 spiro atoms. The zero-order valence-corrected chi connectivity index (χ0v) is 13.3. The Hall–Kier alpha value is -0.750. The van der Waals surface area contributed by atoms with Crippen LogP contribution in [0.25, 0.3) is 0 Å². The highest BCUT2D eigenvalue weighted by atomic mass is 32.2. The van der Waals surface area contributed by atoms with E-state index in [1.807, 2.05) is 11.6 Å². The molecule has 20 heavy (non-hydrogen) atoms. The van der Waals surface area contributed by atoms with Crippen molar-refractivity contribution in [3.8, 4) is 0 Å². The normalized spacial score (nSPS) is 29.6. The molecule has 2 N–H and O–H groups in total. The van der Waals surface area contributed by atoms with Gasteiger partial charge in [0.2, 0.25) is 0 Å². The molecule has 112 valence electrons. The van der Waals surface area contributed by atoms with Crippen molar-refractivity contribution in [2.75, 3.05) is 7.05 Å². The number of thioether (sulfide) groups is 1. The van der Waals surface area contributed by atoms with Crippen LogP contribution in [-0.2, 0) is 0 Å². The van der Waals surface area contributed by atoms with Crippen molar-refractivity contribution in [2.45, 2.75) is 68.4 Å². The highest BCUT2D eigenvalue weighted by molar-refractivity contribution is 7.99. The van der Waals surface area contributed by atoms with Gasteiger partial charge in [-0.2, -0.15) is 0 Å². The molecule has 0 bridgehead atoms. The lowest BCUT2D eigenvalue weighted by molar-refractivity contribution is 0.182. The van der Waals surface area contributed by atoms with E-state index in [1.54, 1.807) is 11.8 Å². The maximum absolute atomic E-state index is 11.9. The second-order valence-corrected chi connectivity index (χ2v) is 7.92. The molecule has 2 unspecified atom stereocenters. The van der Waals surface area contributed by atoms with Gasteiger partial charge in [0.15, 0.2) is 5.16 Å². The Morgan fingerprint density at radius 2 is 2.15 bits per heavy atom. The van der Waals surface area contributed by atoms with Crippen LogP contribution in [0.5, 0.6) is 0 Å². The first kappa shape index (κ1) is 14.2. The van der Waals surface area contributed by atoms with Gasteiger partial charge in [0.25, 0.3) is 0 Å². The Balaban J connectivity index is 1.81. The van der Waals surface area contributed by atoms with Gasteiger partial charge < -0.3 is 5.32 Å². The van der Waals surface area contributed by atoms with Crippen molar-refractivity contribution in [3.63, 3.8) is 0 Å². The lowest BCUT2D eigenvalue weighted by Crippen LogP contribution is -2.50. The minimum Gasteiger partial charge on any atom is -0.315 e. The van der Waals surface area contributed by atoms with E-state index in [1.165, 1.54) is 19.3 Å². The monoisotopic (exact) mass is 296 g/mol. The first-order chi connectivity index (χ1) is 9.53. The Kier molecular flexibility index (Phi) is 3.71. The van der Waals surface area contributed by atoms with E-state index in [0.29, 0.717) is 22.7 Å². The standard InChI is InChI=1S/C14H24N4OS/c1-14(2)8-4-5-10(11(14)15-3)20-13-17-16-12(19)18(13)9-6-7-9/h9-11,15H,4-8H2,1-3H3,(H,16,19). The molecule has 3 rings (SSSR count). The minimum atomic E-state index is -0.0499. The van der Waals surface area contributed by atoms with Gasteiger partial charge in [-0.15, -0.1) is 5.10 Å². The summed E-state index contributed by atoms with van der Waals surface area (Å²) >= 11 is 1.77. The maximum atomic E-state index is 11.9. The van der Waals surface area contributed by atoms with Crippen molar-refractivity contribution in [3.05, 3.63) is 10.5 Å². The molecule has 2 fully saturated rings. The molecule has 2 aliphatic carbocycles. The van der Waals surface area contributed by atoms with Gasteiger partial charge in [0.1, 0.15) is 0 Å². The fraction of sp³-hybridized carbons (Fsp3) is 0.857. The Morgan fingerprint density at radius 1 is 1.40 bits per heavy atom. The molecular formula is C14H24N4OS. The Bertz CT molecular complexity index is 532. The van der Waals surface area contributed by atoms with Gasteiger partial charge in [-0.25, -0.2) is 9.89 Å². The summed E-state index contributed by atoms with van der Waals surface area (Å²) in [7, 11) is 2.05. The van der Waals surface area contributed by atoms with Crippen molar-refractivity contribution in [1.82, 2.24) is 20.1 Å². The van der Waals surface area contributed by atoms with E-state index in [0.717, 1.165) is 18.0 Å². The first-order valence-corrected chi connectivity index (χ1v) is 8.42. The molecular weight excluding hydrogens is 272 g/mol. The molecule has 2 saturated carbocycles. The van der Waals surface area contributed by atoms with Gasteiger partial charge in [0.05, 0.1) is 0 Å².